The first-order valence-electron chi connectivity index (χ1n) is 6.47. The maximum atomic E-state index is 11.7. The van der Waals surface area contributed by atoms with Crippen LogP contribution in [0.3, 0.4) is 0 Å². The summed E-state index contributed by atoms with van der Waals surface area (Å²) in [7, 11) is 0. The van der Waals surface area contributed by atoms with Crippen LogP contribution in [0.2, 0.25) is 5.02 Å². The van der Waals surface area contributed by atoms with Gasteiger partial charge < -0.3 is 15.4 Å². The Morgan fingerprint density at radius 2 is 2.24 bits per heavy atom. The summed E-state index contributed by atoms with van der Waals surface area (Å²) in [6.07, 6.45) is 0.689. The Morgan fingerprint density at radius 3 is 2.86 bits per heavy atom. The number of rotatable bonds is 4. The van der Waals surface area contributed by atoms with Crippen molar-refractivity contribution in [3.8, 4) is 0 Å². The minimum Gasteiger partial charge on any atom is -0.454 e. The van der Waals surface area contributed by atoms with E-state index in [9.17, 15) is 14.4 Å². The molecule has 2 rings (SSSR count). The van der Waals surface area contributed by atoms with Gasteiger partial charge in [0.15, 0.2) is 6.61 Å². The molecule has 1 aliphatic rings. The molecule has 21 heavy (non-hydrogen) atoms. The number of halogens is 1. The van der Waals surface area contributed by atoms with Crippen LogP contribution in [-0.4, -0.2) is 30.4 Å². The molecule has 1 aromatic rings. The minimum absolute atomic E-state index is 0.187. The third-order valence-corrected chi connectivity index (χ3v) is 3.34. The van der Waals surface area contributed by atoms with E-state index in [1.54, 1.807) is 12.1 Å². The summed E-state index contributed by atoms with van der Waals surface area (Å²) in [5.41, 5.74) is 1.43. The monoisotopic (exact) mass is 310 g/mol. The summed E-state index contributed by atoms with van der Waals surface area (Å²) in [6, 6.07) is 4.54. The third-order valence-electron chi connectivity index (χ3n) is 3.02. The van der Waals surface area contributed by atoms with Crippen LogP contribution in [0.4, 0.5) is 5.69 Å². The standard InChI is InChI=1S/C14H15ClN2O4/c1-8-2-3-10(9(15)6-8)16-13(19)7-21-14(20)11-4-5-12(18)17-11/h2-3,6,11H,4-5,7H2,1H3,(H,16,19)(H,17,18)/t11-/m0/s1. The molecule has 0 unspecified atom stereocenters. The number of nitrogens with one attached hydrogen (secondary N) is 2. The van der Waals surface area contributed by atoms with Gasteiger partial charge in [-0.1, -0.05) is 17.7 Å². The second kappa shape index (κ2) is 6.58. The van der Waals surface area contributed by atoms with Crippen LogP contribution in [0.15, 0.2) is 18.2 Å². The quantitative estimate of drug-likeness (QED) is 0.824. The molecule has 1 atom stereocenters. The number of amides is 2. The van der Waals surface area contributed by atoms with Gasteiger partial charge in [0, 0.05) is 6.42 Å². The molecule has 0 bridgehead atoms. The van der Waals surface area contributed by atoms with Crippen LogP contribution < -0.4 is 10.6 Å². The smallest absolute Gasteiger partial charge is 0.329 e. The van der Waals surface area contributed by atoms with Gasteiger partial charge in [-0.3, -0.25) is 9.59 Å². The SMILES string of the molecule is Cc1ccc(NC(=O)COC(=O)[C@@H]2CCC(=O)N2)c(Cl)c1. The van der Waals surface area contributed by atoms with Crippen molar-refractivity contribution in [2.24, 2.45) is 0 Å². The van der Waals surface area contributed by atoms with Crippen molar-refractivity contribution in [3.05, 3.63) is 28.8 Å². The van der Waals surface area contributed by atoms with Gasteiger partial charge in [-0.2, -0.15) is 0 Å². The molecule has 7 heteroatoms. The molecule has 1 heterocycles. The van der Waals surface area contributed by atoms with Crippen molar-refractivity contribution >= 4 is 35.1 Å². The molecule has 112 valence electrons. The second-order valence-corrected chi connectivity index (χ2v) is 5.21. The first kappa shape index (κ1) is 15.3. The number of esters is 1. The number of anilines is 1. The zero-order valence-corrected chi connectivity index (χ0v) is 12.2. The molecule has 1 aliphatic heterocycles. The highest BCUT2D eigenvalue weighted by molar-refractivity contribution is 6.33. The van der Waals surface area contributed by atoms with Crippen LogP contribution in [0.25, 0.3) is 0 Å². The summed E-state index contributed by atoms with van der Waals surface area (Å²) >= 11 is 5.99. The zero-order valence-electron chi connectivity index (χ0n) is 11.4. The van der Waals surface area contributed by atoms with Crippen LogP contribution in [0, 0.1) is 6.92 Å². The van der Waals surface area contributed by atoms with E-state index >= 15 is 0 Å². The number of benzene rings is 1. The van der Waals surface area contributed by atoms with Crippen molar-refractivity contribution in [1.29, 1.82) is 0 Å². The summed E-state index contributed by atoms with van der Waals surface area (Å²) < 4.78 is 4.86. The Morgan fingerprint density at radius 1 is 1.48 bits per heavy atom. The number of hydrogen-bond donors (Lipinski definition) is 2. The van der Waals surface area contributed by atoms with Crippen molar-refractivity contribution < 1.29 is 19.1 Å². The van der Waals surface area contributed by atoms with Gasteiger partial charge in [-0.05, 0) is 31.0 Å². The number of hydrogen-bond acceptors (Lipinski definition) is 4. The number of aryl methyl sites for hydroxylation is 1. The summed E-state index contributed by atoms with van der Waals surface area (Å²) in [5.74, 6) is -1.28. The van der Waals surface area contributed by atoms with Crippen molar-refractivity contribution in [2.75, 3.05) is 11.9 Å². The highest BCUT2D eigenvalue weighted by atomic mass is 35.5. The first-order chi connectivity index (χ1) is 9.95. The normalized spacial score (nSPS) is 17.2. The topological polar surface area (TPSA) is 84.5 Å². The van der Waals surface area contributed by atoms with E-state index in [2.05, 4.69) is 10.6 Å². The van der Waals surface area contributed by atoms with Crippen LogP contribution >= 0.6 is 11.6 Å². The molecule has 1 saturated heterocycles. The van der Waals surface area contributed by atoms with Crippen molar-refractivity contribution in [2.45, 2.75) is 25.8 Å². The Hall–Kier alpha value is -2.08. The first-order valence-corrected chi connectivity index (χ1v) is 6.85. The molecule has 0 saturated carbocycles. The molecular weight excluding hydrogens is 296 g/mol. The predicted octanol–water partition coefficient (Wildman–Crippen LogP) is 1.41. The number of ether oxygens (including phenoxy) is 1. The molecule has 0 radical (unpaired) electrons. The van der Waals surface area contributed by atoms with Gasteiger partial charge in [-0.15, -0.1) is 0 Å². The minimum atomic E-state index is -0.659. The van der Waals surface area contributed by atoms with E-state index < -0.39 is 24.5 Å². The maximum Gasteiger partial charge on any atom is 0.329 e. The van der Waals surface area contributed by atoms with E-state index in [4.69, 9.17) is 16.3 Å². The molecular formula is C14H15ClN2O4. The largest absolute Gasteiger partial charge is 0.454 e. The molecule has 0 aromatic heterocycles. The molecule has 0 aliphatic carbocycles. The Labute approximate surface area is 126 Å². The predicted molar refractivity (Wildman–Crippen MR) is 76.9 cm³/mol. The van der Waals surface area contributed by atoms with Gasteiger partial charge in [-0.25, -0.2) is 4.79 Å². The lowest BCUT2D eigenvalue weighted by Gasteiger charge is -2.11. The van der Waals surface area contributed by atoms with Crippen molar-refractivity contribution in [3.63, 3.8) is 0 Å². The maximum absolute atomic E-state index is 11.7. The zero-order chi connectivity index (χ0) is 15.4. The fraction of sp³-hybridized carbons (Fsp3) is 0.357. The highest BCUT2D eigenvalue weighted by Gasteiger charge is 2.28. The van der Waals surface area contributed by atoms with Crippen LogP contribution in [0.1, 0.15) is 18.4 Å². The van der Waals surface area contributed by atoms with E-state index in [1.165, 1.54) is 0 Å². The molecule has 6 nitrogen and oxygen atoms in total. The Bertz CT molecular complexity index is 588. The van der Waals surface area contributed by atoms with E-state index in [-0.39, 0.29) is 5.91 Å². The van der Waals surface area contributed by atoms with Gasteiger partial charge in [0.2, 0.25) is 5.91 Å². The fourth-order valence-corrected chi connectivity index (χ4v) is 2.22. The third kappa shape index (κ3) is 4.19. The van der Waals surface area contributed by atoms with Crippen molar-refractivity contribution in [1.82, 2.24) is 5.32 Å². The number of carbonyl (C=O) groups excluding carboxylic acids is 3. The molecule has 2 amide bonds. The van der Waals surface area contributed by atoms with Gasteiger partial charge in [0.25, 0.3) is 5.91 Å². The average molecular weight is 311 g/mol. The fourth-order valence-electron chi connectivity index (χ4n) is 1.94. The van der Waals surface area contributed by atoms with Gasteiger partial charge in [0.05, 0.1) is 10.7 Å². The van der Waals surface area contributed by atoms with Gasteiger partial charge >= 0.3 is 5.97 Å². The Kier molecular flexibility index (Phi) is 4.80. The van der Waals surface area contributed by atoms with E-state index in [0.29, 0.717) is 23.6 Å². The molecule has 2 N–H and O–H groups in total. The molecule has 0 spiro atoms. The lowest BCUT2D eigenvalue weighted by atomic mass is 10.2. The van der Waals surface area contributed by atoms with Gasteiger partial charge in [0.1, 0.15) is 6.04 Å². The van der Waals surface area contributed by atoms with Crippen LogP contribution in [-0.2, 0) is 19.1 Å². The summed E-state index contributed by atoms with van der Waals surface area (Å²) in [5, 5.41) is 5.45. The van der Waals surface area contributed by atoms with Crippen LogP contribution in [0.5, 0.6) is 0 Å². The lowest BCUT2D eigenvalue weighted by molar-refractivity contribution is -0.149. The molecule has 1 aromatic carbocycles. The Balaban J connectivity index is 1.82. The lowest BCUT2D eigenvalue weighted by Crippen LogP contribution is -2.36. The summed E-state index contributed by atoms with van der Waals surface area (Å²) in [4.78, 5) is 34.3. The number of carbonyl (C=O) groups is 3. The highest BCUT2D eigenvalue weighted by Crippen LogP contribution is 2.22. The molecule has 1 fully saturated rings. The average Bonchev–Trinajstić information content (AvgIpc) is 2.86. The second-order valence-electron chi connectivity index (χ2n) is 4.80. The van der Waals surface area contributed by atoms with E-state index in [0.717, 1.165) is 5.56 Å². The van der Waals surface area contributed by atoms with E-state index in [1.807, 2.05) is 13.0 Å². The summed E-state index contributed by atoms with van der Waals surface area (Å²) in [6.45, 7) is 1.46.